The highest BCUT2D eigenvalue weighted by Gasteiger charge is 2.40. The van der Waals surface area contributed by atoms with Crippen LogP contribution in [0.4, 0.5) is 0 Å². The SMILES string of the molecule is CCC(CC)C(=O)N1CC(C)(O)C1. The molecule has 1 heterocycles. The van der Waals surface area contributed by atoms with Crippen molar-refractivity contribution in [2.24, 2.45) is 5.92 Å². The summed E-state index contributed by atoms with van der Waals surface area (Å²) >= 11 is 0. The Bertz CT molecular complexity index is 189. The third-order valence-corrected chi connectivity index (χ3v) is 2.71. The molecule has 0 unspecified atom stereocenters. The van der Waals surface area contributed by atoms with E-state index in [-0.39, 0.29) is 11.8 Å². The molecule has 1 N–H and O–H groups in total. The molecule has 0 spiro atoms. The molecule has 1 amide bonds. The second-order valence-electron chi connectivity index (χ2n) is 4.20. The highest BCUT2D eigenvalue weighted by atomic mass is 16.3. The van der Waals surface area contributed by atoms with Crippen LogP contribution in [0.25, 0.3) is 0 Å². The van der Waals surface area contributed by atoms with Crippen molar-refractivity contribution in [3.8, 4) is 0 Å². The molecule has 13 heavy (non-hydrogen) atoms. The number of nitrogens with zero attached hydrogens (tertiary/aromatic N) is 1. The number of hydrogen-bond acceptors (Lipinski definition) is 2. The molecule has 0 aromatic carbocycles. The van der Waals surface area contributed by atoms with Crippen molar-refractivity contribution < 1.29 is 9.90 Å². The van der Waals surface area contributed by atoms with Gasteiger partial charge in [0.05, 0.1) is 18.7 Å². The molecule has 1 aliphatic rings. The lowest BCUT2D eigenvalue weighted by Crippen LogP contribution is -2.62. The molecule has 0 aromatic rings. The minimum absolute atomic E-state index is 0.149. The van der Waals surface area contributed by atoms with E-state index in [9.17, 15) is 9.90 Å². The maximum absolute atomic E-state index is 11.7. The predicted octanol–water partition coefficient (Wildman–Crippen LogP) is 1.02. The van der Waals surface area contributed by atoms with E-state index in [2.05, 4.69) is 0 Å². The molecule has 0 bridgehead atoms. The van der Waals surface area contributed by atoms with Gasteiger partial charge in [-0.2, -0.15) is 0 Å². The summed E-state index contributed by atoms with van der Waals surface area (Å²) < 4.78 is 0. The van der Waals surface area contributed by atoms with Crippen molar-refractivity contribution in [1.82, 2.24) is 4.90 Å². The van der Waals surface area contributed by atoms with Gasteiger partial charge in [-0.05, 0) is 19.8 Å². The molecular weight excluding hydrogens is 166 g/mol. The van der Waals surface area contributed by atoms with E-state index in [1.54, 1.807) is 11.8 Å². The number of likely N-dealkylation sites (tertiary alicyclic amines) is 1. The van der Waals surface area contributed by atoms with Crippen molar-refractivity contribution in [3.63, 3.8) is 0 Å². The average Bonchev–Trinajstić information content (AvgIpc) is 2.02. The Kier molecular flexibility index (Phi) is 2.96. The van der Waals surface area contributed by atoms with Crippen LogP contribution in [0.1, 0.15) is 33.6 Å². The fraction of sp³-hybridized carbons (Fsp3) is 0.900. The highest BCUT2D eigenvalue weighted by Crippen LogP contribution is 2.23. The van der Waals surface area contributed by atoms with Crippen molar-refractivity contribution in [2.75, 3.05) is 13.1 Å². The Morgan fingerprint density at radius 1 is 1.46 bits per heavy atom. The van der Waals surface area contributed by atoms with Gasteiger partial charge in [-0.3, -0.25) is 4.79 Å². The number of rotatable bonds is 3. The summed E-state index contributed by atoms with van der Waals surface area (Å²) in [5, 5.41) is 9.47. The molecule has 0 aliphatic carbocycles. The largest absolute Gasteiger partial charge is 0.386 e. The molecule has 0 radical (unpaired) electrons. The van der Waals surface area contributed by atoms with Crippen LogP contribution in [0.3, 0.4) is 0 Å². The van der Waals surface area contributed by atoms with Gasteiger partial charge in [0.2, 0.25) is 5.91 Å². The first-order valence-corrected chi connectivity index (χ1v) is 5.01. The van der Waals surface area contributed by atoms with Gasteiger partial charge in [0.25, 0.3) is 0 Å². The van der Waals surface area contributed by atoms with Gasteiger partial charge in [0, 0.05) is 5.92 Å². The average molecular weight is 185 g/mol. The zero-order valence-corrected chi connectivity index (χ0v) is 8.71. The van der Waals surface area contributed by atoms with E-state index in [4.69, 9.17) is 0 Å². The maximum atomic E-state index is 11.7. The van der Waals surface area contributed by atoms with E-state index < -0.39 is 5.60 Å². The van der Waals surface area contributed by atoms with Gasteiger partial charge in [-0.1, -0.05) is 13.8 Å². The van der Waals surface area contributed by atoms with Gasteiger partial charge in [0.15, 0.2) is 0 Å². The van der Waals surface area contributed by atoms with Gasteiger partial charge in [0.1, 0.15) is 0 Å². The molecular formula is C10H19NO2. The first-order chi connectivity index (χ1) is 6.00. The monoisotopic (exact) mass is 185 g/mol. The molecule has 1 fully saturated rings. The fourth-order valence-electron chi connectivity index (χ4n) is 1.83. The highest BCUT2D eigenvalue weighted by molar-refractivity contribution is 5.79. The van der Waals surface area contributed by atoms with Crippen molar-refractivity contribution in [2.45, 2.75) is 39.2 Å². The molecule has 1 aliphatic heterocycles. The first kappa shape index (κ1) is 10.5. The minimum atomic E-state index is -0.637. The molecule has 0 atom stereocenters. The van der Waals surface area contributed by atoms with Crippen LogP contribution in [-0.4, -0.2) is 34.6 Å². The lowest BCUT2D eigenvalue weighted by atomic mass is 9.93. The standard InChI is InChI=1S/C10H19NO2/c1-4-8(5-2)9(12)11-6-10(3,13)7-11/h8,13H,4-7H2,1-3H3. The van der Waals surface area contributed by atoms with Gasteiger partial charge in [-0.15, -0.1) is 0 Å². The van der Waals surface area contributed by atoms with E-state index >= 15 is 0 Å². The van der Waals surface area contributed by atoms with Gasteiger partial charge >= 0.3 is 0 Å². The van der Waals surface area contributed by atoms with Crippen LogP contribution in [-0.2, 0) is 4.79 Å². The quantitative estimate of drug-likeness (QED) is 0.713. The minimum Gasteiger partial charge on any atom is -0.386 e. The maximum Gasteiger partial charge on any atom is 0.225 e. The number of hydrogen-bond donors (Lipinski definition) is 1. The van der Waals surface area contributed by atoms with Crippen LogP contribution < -0.4 is 0 Å². The zero-order chi connectivity index (χ0) is 10.1. The Hall–Kier alpha value is -0.570. The Morgan fingerprint density at radius 3 is 2.23 bits per heavy atom. The van der Waals surface area contributed by atoms with Crippen molar-refractivity contribution in [1.29, 1.82) is 0 Å². The molecule has 0 saturated carbocycles. The normalized spacial score (nSPS) is 20.2. The Labute approximate surface area is 79.7 Å². The summed E-state index contributed by atoms with van der Waals surface area (Å²) in [5.74, 6) is 0.354. The van der Waals surface area contributed by atoms with Crippen LogP contribution in [0.5, 0.6) is 0 Å². The number of carbonyl (C=O) groups is 1. The van der Waals surface area contributed by atoms with Gasteiger partial charge < -0.3 is 10.0 Å². The summed E-state index contributed by atoms with van der Waals surface area (Å²) in [4.78, 5) is 13.4. The Balaban J connectivity index is 2.42. The van der Waals surface area contributed by atoms with Gasteiger partial charge in [-0.25, -0.2) is 0 Å². The molecule has 1 saturated heterocycles. The number of amides is 1. The molecule has 1 rings (SSSR count). The zero-order valence-electron chi connectivity index (χ0n) is 8.71. The van der Waals surface area contributed by atoms with Crippen LogP contribution in [0.2, 0.25) is 0 Å². The molecule has 3 nitrogen and oxygen atoms in total. The first-order valence-electron chi connectivity index (χ1n) is 5.01. The second-order valence-corrected chi connectivity index (χ2v) is 4.20. The summed E-state index contributed by atoms with van der Waals surface area (Å²) in [7, 11) is 0. The summed E-state index contributed by atoms with van der Waals surface area (Å²) in [6.45, 7) is 6.84. The van der Waals surface area contributed by atoms with Crippen LogP contribution >= 0.6 is 0 Å². The number of carbonyl (C=O) groups excluding carboxylic acids is 1. The van der Waals surface area contributed by atoms with Crippen molar-refractivity contribution in [3.05, 3.63) is 0 Å². The molecule has 76 valence electrons. The van der Waals surface area contributed by atoms with Crippen LogP contribution in [0, 0.1) is 5.92 Å². The fourth-order valence-corrected chi connectivity index (χ4v) is 1.83. The lowest BCUT2D eigenvalue weighted by Gasteiger charge is -2.45. The predicted molar refractivity (Wildman–Crippen MR) is 51.3 cm³/mol. The summed E-state index contributed by atoms with van der Waals surface area (Å²) in [6.07, 6.45) is 1.79. The second kappa shape index (κ2) is 3.66. The van der Waals surface area contributed by atoms with Crippen molar-refractivity contribution >= 4 is 5.91 Å². The molecule has 3 heteroatoms. The van der Waals surface area contributed by atoms with E-state index in [0.717, 1.165) is 12.8 Å². The summed E-state index contributed by atoms with van der Waals surface area (Å²) in [6, 6.07) is 0. The lowest BCUT2D eigenvalue weighted by molar-refractivity contribution is -0.156. The van der Waals surface area contributed by atoms with E-state index in [1.807, 2.05) is 13.8 Å². The smallest absolute Gasteiger partial charge is 0.225 e. The third-order valence-electron chi connectivity index (χ3n) is 2.71. The number of aliphatic hydroxyl groups is 1. The summed E-state index contributed by atoms with van der Waals surface area (Å²) in [5.41, 5.74) is -0.637. The van der Waals surface area contributed by atoms with Crippen LogP contribution in [0.15, 0.2) is 0 Å². The van der Waals surface area contributed by atoms with E-state index in [1.165, 1.54) is 0 Å². The molecule has 0 aromatic heterocycles. The number of β-amino-alcohol motifs (C(OH)–C–C–N with tert-alkyl or cyclic N) is 1. The topological polar surface area (TPSA) is 40.5 Å². The van der Waals surface area contributed by atoms with E-state index in [0.29, 0.717) is 13.1 Å². The third kappa shape index (κ3) is 2.21. The Morgan fingerprint density at radius 2 is 1.92 bits per heavy atom.